The van der Waals surface area contributed by atoms with Crippen molar-refractivity contribution in [3.63, 3.8) is 0 Å². The third-order valence-corrected chi connectivity index (χ3v) is 14.8. The maximum absolute atomic E-state index is 12.9. The summed E-state index contributed by atoms with van der Waals surface area (Å²) in [7, 11) is 1.36. The van der Waals surface area contributed by atoms with Crippen LogP contribution < -0.4 is 0 Å². The Bertz CT molecular complexity index is 1870. The summed E-state index contributed by atoms with van der Waals surface area (Å²) in [5, 5.41) is 0. The summed E-state index contributed by atoms with van der Waals surface area (Å²) in [6.45, 7) is 10.4. The van der Waals surface area contributed by atoms with Gasteiger partial charge in [0.15, 0.2) is 12.2 Å². The van der Waals surface area contributed by atoms with Gasteiger partial charge >= 0.3 is 55.8 Å². The van der Waals surface area contributed by atoms with Crippen LogP contribution in [0.4, 0.5) is 0 Å². The number of rotatable bonds is 63. The van der Waals surface area contributed by atoms with Crippen LogP contribution in [0.1, 0.15) is 310 Å². The molecule has 0 rings (SSSR count). The van der Waals surface area contributed by atoms with Crippen molar-refractivity contribution in [2.24, 2.45) is 0 Å². The molecule has 0 heterocycles. The Labute approximate surface area is 531 Å². The maximum atomic E-state index is 12.9. The predicted octanol–water partition coefficient (Wildman–Crippen LogP) is 14.9. The second kappa shape index (κ2) is 62.0. The third-order valence-electron chi connectivity index (χ3n) is 14.8. The fourth-order valence-electron chi connectivity index (χ4n) is 9.28. The van der Waals surface area contributed by atoms with Crippen molar-refractivity contribution in [1.82, 2.24) is 0 Å². The van der Waals surface area contributed by atoms with E-state index in [1.807, 2.05) is 13.8 Å². The molecular formula is C69H119BO18. The van der Waals surface area contributed by atoms with Gasteiger partial charge in [0.1, 0.15) is 26.4 Å². The van der Waals surface area contributed by atoms with E-state index in [0.717, 1.165) is 154 Å². The van der Waals surface area contributed by atoms with Crippen LogP contribution >= 0.6 is 0 Å². The minimum Gasteiger partial charge on any atom is -0.543 e. The predicted molar refractivity (Wildman–Crippen MR) is 343 cm³/mol. The number of carbonyl (C=O) groups excluding carboxylic acids is 9. The highest BCUT2D eigenvalue weighted by Gasteiger charge is 2.22. The van der Waals surface area contributed by atoms with Gasteiger partial charge in [0.25, 0.3) is 5.97 Å². The number of esters is 8. The SMILES string of the molecule is BOC(=O)CCCCCCCC(=O)OC(COC(=O)CCCCCCCC(=C)CCCC/C=C/CCC)COC(=O)CCCCCCCC(=O)OCC(COC(=O)CCCCCCCC(=O)OCCCC)OC(=O)CCCCCCCC(=O)OCCCC. The fraction of sp³-hybridized carbons (Fsp3) is 0.812. The second-order valence-electron chi connectivity index (χ2n) is 23.3. The maximum Gasteiger partial charge on any atom is 0.325 e. The van der Waals surface area contributed by atoms with Crippen LogP contribution in [0.25, 0.3) is 0 Å². The Kier molecular flexibility index (Phi) is 58.3. The molecule has 0 spiro atoms. The Morgan fingerprint density at radius 1 is 0.295 bits per heavy atom. The Hall–Kier alpha value is -5.23. The molecule has 0 aliphatic heterocycles. The van der Waals surface area contributed by atoms with Crippen LogP contribution in [-0.2, 0) is 85.7 Å². The zero-order chi connectivity index (χ0) is 64.8. The number of hydrogen-bond donors (Lipinski definition) is 0. The lowest BCUT2D eigenvalue weighted by Crippen LogP contribution is -2.30. The molecule has 0 amide bonds. The lowest BCUT2D eigenvalue weighted by molar-refractivity contribution is -0.167. The molecule has 2 unspecified atom stereocenters. The fourth-order valence-corrected chi connectivity index (χ4v) is 9.28. The average molecular weight is 1250 g/mol. The monoisotopic (exact) mass is 1250 g/mol. The molecule has 19 heteroatoms. The van der Waals surface area contributed by atoms with Crippen molar-refractivity contribution < 1.29 is 85.7 Å². The normalized spacial score (nSPS) is 11.8. The van der Waals surface area contributed by atoms with E-state index in [4.69, 9.17) is 37.9 Å². The molecule has 88 heavy (non-hydrogen) atoms. The topological polar surface area (TPSA) is 237 Å². The average Bonchev–Trinajstić information content (AvgIpc) is 3.52. The van der Waals surface area contributed by atoms with Gasteiger partial charge in [-0.3, -0.25) is 43.2 Å². The van der Waals surface area contributed by atoms with E-state index in [1.165, 1.54) is 32.9 Å². The van der Waals surface area contributed by atoms with Gasteiger partial charge in [0.2, 0.25) is 0 Å². The molecule has 0 aliphatic rings. The van der Waals surface area contributed by atoms with Gasteiger partial charge < -0.3 is 42.5 Å². The standard InChI is InChI=1S/C69H119BO18/c1-5-8-11-12-13-19-30-41-58(4)42-31-20-14-21-34-45-63(73)82-54-59(87-68(78)50-39-28-18-29-40-51-69(79)88-70)55-84-65(75)47-36-25-16-26-37-48-66(76)85-57-60(86-67(77)49-38-27-17-23-33-44-62(72)81-53-10-7-3)56-83-64(74)46-35-24-15-22-32-43-61(71)80-52-9-6-2/h11-12,59-60H,4-10,13-57,70H2,1-3H3/b12-11+. The summed E-state index contributed by atoms with van der Waals surface area (Å²) < 4.78 is 48.3. The molecule has 18 nitrogen and oxygen atoms in total. The van der Waals surface area contributed by atoms with Crippen LogP contribution in [0.2, 0.25) is 0 Å². The molecular weight excluding hydrogens is 1130 g/mol. The van der Waals surface area contributed by atoms with Crippen LogP contribution in [0.3, 0.4) is 0 Å². The first kappa shape index (κ1) is 82.8. The largest absolute Gasteiger partial charge is 0.543 e. The Morgan fingerprint density at radius 2 is 0.545 bits per heavy atom. The smallest absolute Gasteiger partial charge is 0.325 e. The first-order chi connectivity index (χ1) is 42.7. The number of ether oxygens (including phenoxy) is 8. The van der Waals surface area contributed by atoms with Crippen LogP contribution in [-0.4, -0.2) is 114 Å². The molecule has 0 aromatic carbocycles. The zero-order valence-electron chi connectivity index (χ0n) is 55.4. The number of carbonyl (C=O) groups is 9. The van der Waals surface area contributed by atoms with Gasteiger partial charge in [0, 0.05) is 57.8 Å². The molecule has 0 N–H and O–H groups in total. The van der Waals surface area contributed by atoms with Crippen molar-refractivity contribution in [3.05, 3.63) is 24.3 Å². The lowest BCUT2D eigenvalue weighted by atomic mass is 10.0. The third kappa shape index (κ3) is 58.5. The first-order valence-electron chi connectivity index (χ1n) is 34.4. The molecule has 0 radical (unpaired) electrons. The van der Waals surface area contributed by atoms with Gasteiger partial charge in [-0.2, -0.15) is 0 Å². The number of hydrogen-bond acceptors (Lipinski definition) is 18. The lowest BCUT2D eigenvalue weighted by Gasteiger charge is -2.18. The minimum absolute atomic E-state index is 0.121. The van der Waals surface area contributed by atoms with E-state index in [-0.39, 0.29) is 82.9 Å². The minimum atomic E-state index is -0.977. The van der Waals surface area contributed by atoms with Crippen molar-refractivity contribution in [2.75, 3.05) is 39.6 Å². The van der Waals surface area contributed by atoms with E-state index in [2.05, 4.69) is 30.3 Å². The van der Waals surface area contributed by atoms with Crippen LogP contribution in [0.15, 0.2) is 24.3 Å². The Morgan fingerprint density at radius 3 is 0.841 bits per heavy atom. The van der Waals surface area contributed by atoms with E-state index in [9.17, 15) is 43.2 Å². The van der Waals surface area contributed by atoms with Crippen molar-refractivity contribution in [3.8, 4) is 0 Å². The summed E-state index contributed by atoms with van der Waals surface area (Å²) in [5.41, 5.74) is 1.31. The molecule has 0 saturated heterocycles. The van der Waals surface area contributed by atoms with Gasteiger partial charge in [-0.15, -0.1) is 0 Å². The quantitative estimate of drug-likeness (QED) is 0.0181. The summed E-state index contributed by atoms with van der Waals surface area (Å²) in [4.78, 5) is 112. The summed E-state index contributed by atoms with van der Waals surface area (Å²) >= 11 is 0. The van der Waals surface area contributed by atoms with Gasteiger partial charge in [0.05, 0.1) is 13.2 Å². The highest BCUT2D eigenvalue weighted by atomic mass is 16.6. The molecule has 0 bridgehead atoms. The van der Waals surface area contributed by atoms with E-state index < -0.39 is 48.0 Å². The highest BCUT2D eigenvalue weighted by Crippen LogP contribution is 2.18. The van der Waals surface area contributed by atoms with E-state index >= 15 is 0 Å². The summed E-state index contributed by atoms with van der Waals surface area (Å²) in [6, 6.07) is 0. The molecule has 0 aliphatic carbocycles. The number of allylic oxidation sites excluding steroid dienone is 3. The molecule has 2 atom stereocenters. The first-order valence-corrected chi connectivity index (χ1v) is 34.4. The van der Waals surface area contributed by atoms with Crippen LogP contribution in [0.5, 0.6) is 0 Å². The van der Waals surface area contributed by atoms with Crippen molar-refractivity contribution >= 4 is 61.8 Å². The zero-order valence-corrected chi connectivity index (χ0v) is 55.4. The van der Waals surface area contributed by atoms with E-state index in [0.29, 0.717) is 90.3 Å². The molecule has 0 aromatic heterocycles. The van der Waals surface area contributed by atoms with Crippen LogP contribution in [0, 0.1) is 0 Å². The second-order valence-corrected chi connectivity index (χ2v) is 23.3. The van der Waals surface area contributed by atoms with Crippen molar-refractivity contribution in [1.29, 1.82) is 0 Å². The van der Waals surface area contributed by atoms with Crippen molar-refractivity contribution in [2.45, 2.75) is 322 Å². The van der Waals surface area contributed by atoms with Gasteiger partial charge in [-0.05, 0) is 116 Å². The summed E-state index contributed by atoms with van der Waals surface area (Å²) in [6.07, 6.45) is 35.6. The van der Waals surface area contributed by atoms with Gasteiger partial charge in [-0.25, -0.2) is 0 Å². The summed E-state index contributed by atoms with van der Waals surface area (Å²) in [5.74, 6) is -3.38. The molecule has 0 saturated carbocycles. The Balaban J connectivity index is 4.92. The molecule has 506 valence electrons. The van der Waals surface area contributed by atoms with Gasteiger partial charge in [-0.1, -0.05) is 161 Å². The van der Waals surface area contributed by atoms with E-state index in [1.54, 1.807) is 0 Å². The highest BCUT2D eigenvalue weighted by molar-refractivity contribution is 6.05. The molecule has 0 fully saturated rings. The molecule has 0 aromatic rings. The number of unbranched alkanes of at least 4 members (excludes halogenated alkanes) is 25.